The third kappa shape index (κ3) is 4.77. The molecule has 3 aromatic heterocycles. The van der Waals surface area contributed by atoms with Crippen molar-refractivity contribution >= 4 is 32.3 Å². The molecule has 0 saturated heterocycles. The van der Waals surface area contributed by atoms with Gasteiger partial charge in [-0.05, 0) is 84.9 Å². The summed E-state index contributed by atoms with van der Waals surface area (Å²) in [6.45, 7) is 0. The largest absolute Gasteiger partial charge is 0.265 e. The smallest absolute Gasteiger partial charge is 0.164 e. The van der Waals surface area contributed by atoms with E-state index in [2.05, 4.69) is 119 Å². The average molecular weight is 614 g/mol. The summed E-state index contributed by atoms with van der Waals surface area (Å²) in [4.78, 5) is 23.3. The lowest BCUT2D eigenvalue weighted by atomic mass is 9.88. The monoisotopic (exact) mass is 613 g/mol. The van der Waals surface area contributed by atoms with E-state index in [1.807, 2.05) is 30.3 Å². The molecule has 3 heterocycles. The zero-order valence-electron chi connectivity index (χ0n) is 25.8. The zero-order valence-corrected chi connectivity index (χ0v) is 25.8. The van der Waals surface area contributed by atoms with Crippen molar-refractivity contribution in [2.75, 3.05) is 0 Å². The molecular weight excluding hydrogens is 587 g/mol. The van der Waals surface area contributed by atoms with E-state index in [1.165, 1.54) is 32.3 Å². The van der Waals surface area contributed by atoms with Crippen LogP contribution >= 0.6 is 0 Å². The Balaban J connectivity index is 1.25. The van der Waals surface area contributed by atoms with Crippen LogP contribution in [0.25, 0.3) is 88.7 Å². The molecule has 0 saturated carbocycles. The van der Waals surface area contributed by atoms with Gasteiger partial charge in [0, 0.05) is 41.5 Å². The maximum absolute atomic E-state index is 5.03. The van der Waals surface area contributed by atoms with E-state index in [0.717, 1.165) is 38.9 Å². The Labute approximate surface area is 277 Å². The second-order valence-electron chi connectivity index (χ2n) is 11.7. The van der Waals surface area contributed by atoms with Crippen molar-refractivity contribution in [3.05, 3.63) is 164 Å². The highest BCUT2D eigenvalue weighted by Crippen LogP contribution is 2.41. The molecule has 0 atom stereocenters. The van der Waals surface area contributed by atoms with Crippen LogP contribution in [0.4, 0.5) is 0 Å². The summed E-state index contributed by atoms with van der Waals surface area (Å²) in [6, 6.07) is 48.9. The van der Waals surface area contributed by atoms with Crippen LogP contribution in [0.3, 0.4) is 0 Å². The molecule has 0 aliphatic carbocycles. The van der Waals surface area contributed by atoms with Gasteiger partial charge in [0.1, 0.15) is 0 Å². The molecule has 5 heteroatoms. The van der Waals surface area contributed by atoms with Crippen LogP contribution in [0, 0.1) is 0 Å². The molecule has 0 fully saturated rings. The molecule has 0 spiro atoms. The van der Waals surface area contributed by atoms with E-state index >= 15 is 0 Å². The third-order valence-corrected chi connectivity index (χ3v) is 8.95. The van der Waals surface area contributed by atoms with Crippen molar-refractivity contribution < 1.29 is 0 Å². The minimum absolute atomic E-state index is 0.589. The van der Waals surface area contributed by atoms with Crippen molar-refractivity contribution in [2.24, 2.45) is 0 Å². The molecule has 0 unspecified atom stereocenters. The predicted octanol–water partition coefficient (Wildman–Crippen LogP) is 10.5. The van der Waals surface area contributed by atoms with Crippen molar-refractivity contribution in [2.45, 2.75) is 0 Å². The highest BCUT2D eigenvalue weighted by atomic mass is 15.0. The Hall–Kier alpha value is -6.59. The number of pyridine rings is 2. The molecule has 9 aromatic rings. The lowest BCUT2D eigenvalue weighted by Crippen LogP contribution is -2.01. The average Bonchev–Trinajstić information content (AvgIpc) is 3.18. The summed E-state index contributed by atoms with van der Waals surface area (Å²) in [5.74, 6) is 1.78. The van der Waals surface area contributed by atoms with Gasteiger partial charge in [0.15, 0.2) is 17.5 Å². The molecular formula is C43H27N5. The minimum Gasteiger partial charge on any atom is -0.265 e. The van der Waals surface area contributed by atoms with Crippen LogP contribution in [-0.4, -0.2) is 24.9 Å². The normalized spacial score (nSPS) is 11.3. The molecule has 0 radical (unpaired) electrons. The van der Waals surface area contributed by atoms with Crippen molar-refractivity contribution in [1.82, 2.24) is 24.9 Å². The van der Waals surface area contributed by atoms with Gasteiger partial charge in [0.25, 0.3) is 0 Å². The number of hydrogen-bond donors (Lipinski definition) is 0. The number of benzene rings is 6. The van der Waals surface area contributed by atoms with Gasteiger partial charge in [-0.15, -0.1) is 0 Å². The third-order valence-electron chi connectivity index (χ3n) is 8.95. The van der Waals surface area contributed by atoms with E-state index in [1.54, 1.807) is 24.8 Å². The Kier molecular flexibility index (Phi) is 6.72. The van der Waals surface area contributed by atoms with Crippen LogP contribution < -0.4 is 0 Å². The molecule has 0 aliphatic rings. The van der Waals surface area contributed by atoms with E-state index in [-0.39, 0.29) is 0 Å². The topological polar surface area (TPSA) is 64.5 Å². The molecule has 5 nitrogen and oxygen atoms in total. The van der Waals surface area contributed by atoms with Crippen molar-refractivity contribution in [3.63, 3.8) is 0 Å². The molecule has 224 valence electrons. The van der Waals surface area contributed by atoms with Crippen LogP contribution in [0.15, 0.2) is 164 Å². The summed E-state index contributed by atoms with van der Waals surface area (Å²) in [7, 11) is 0. The maximum Gasteiger partial charge on any atom is 0.164 e. The van der Waals surface area contributed by atoms with Gasteiger partial charge < -0.3 is 0 Å². The van der Waals surface area contributed by atoms with Crippen molar-refractivity contribution in [1.29, 1.82) is 0 Å². The highest BCUT2D eigenvalue weighted by molar-refractivity contribution is 6.25. The first-order valence-electron chi connectivity index (χ1n) is 15.9. The Bertz CT molecular complexity index is 2520. The predicted molar refractivity (Wildman–Crippen MR) is 195 cm³/mol. The van der Waals surface area contributed by atoms with Gasteiger partial charge in [0.05, 0.1) is 0 Å². The molecule has 0 N–H and O–H groups in total. The van der Waals surface area contributed by atoms with E-state index < -0.39 is 0 Å². The second-order valence-corrected chi connectivity index (χ2v) is 11.7. The van der Waals surface area contributed by atoms with Gasteiger partial charge in [-0.2, -0.15) is 0 Å². The summed E-state index contributed by atoms with van der Waals surface area (Å²) >= 11 is 0. The molecule has 0 aliphatic heterocycles. The fourth-order valence-electron chi connectivity index (χ4n) is 6.71. The maximum atomic E-state index is 5.03. The highest BCUT2D eigenvalue weighted by Gasteiger charge is 2.18. The second kappa shape index (κ2) is 11.6. The number of hydrogen-bond acceptors (Lipinski definition) is 5. The Morgan fingerprint density at radius 1 is 0.271 bits per heavy atom. The fourth-order valence-corrected chi connectivity index (χ4v) is 6.71. The lowest BCUT2D eigenvalue weighted by molar-refractivity contribution is 1.07. The van der Waals surface area contributed by atoms with Gasteiger partial charge in [-0.25, -0.2) is 15.0 Å². The van der Waals surface area contributed by atoms with Crippen molar-refractivity contribution in [3.8, 4) is 56.4 Å². The van der Waals surface area contributed by atoms with Gasteiger partial charge in [-0.1, -0.05) is 109 Å². The zero-order chi connectivity index (χ0) is 31.9. The lowest BCUT2D eigenvalue weighted by Gasteiger charge is -2.16. The van der Waals surface area contributed by atoms with Gasteiger partial charge in [-0.3, -0.25) is 9.97 Å². The van der Waals surface area contributed by atoms with E-state index in [4.69, 9.17) is 15.0 Å². The van der Waals surface area contributed by atoms with E-state index in [0.29, 0.717) is 17.5 Å². The number of fused-ring (bicyclic) bond motifs is 6. The van der Waals surface area contributed by atoms with Crippen LogP contribution in [0.5, 0.6) is 0 Å². The summed E-state index contributed by atoms with van der Waals surface area (Å²) in [6.07, 6.45) is 7.02. The number of aromatic nitrogens is 5. The molecule has 48 heavy (non-hydrogen) atoms. The molecule has 6 aromatic carbocycles. The first-order chi connectivity index (χ1) is 23.8. The van der Waals surface area contributed by atoms with Crippen LogP contribution in [0.2, 0.25) is 0 Å². The van der Waals surface area contributed by atoms with Gasteiger partial charge in [0.2, 0.25) is 0 Å². The molecule has 0 amide bonds. The van der Waals surface area contributed by atoms with Crippen LogP contribution in [-0.2, 0) is 0 Å². The SMILES string of the molecule is c1ccc(-c2ccccc2-c2nc(-c3ccncc3)nc(-c3ccncc3)n2)c(-c2ccc3c4ccccc4c4ccccc4c3c2)c1. The molecule has 0 bridgehead atoms. The first kappa shape index (κ1) is 27.7. The quantitative estimate of drug-likeness (QED) is 0.181. The number of nitrogens with zero attached hydrogens (tertiary/aromatic N) is 5. The fraction of sp³-hybridized carbons (Fsp3) is 0. The standard InChI is InChI=1S/C43H27N5/c1-2-10-32(31(9-1)30-17-18-38-35-13-4-3-11-33(35)34-12-5-6-15-37(34)40(38)27-30)36-14-7-8-16-39(36)43-47-41(28-19-23-44-24-20-28)46-42(48-43)29-21-25-45-26-22-29/h1-27H. The van der Waals surface area contributed by atoms with Crippen LogP contribution in [0.1, 0.15) is 0 Å². The van der Waals surface area contributed by atoms with E-state index in [9.17, 15) is 0 Å². The Morgan fingerprint density at radius 2 is 0.667 bits per heavy atom. The summed E-state index contributed by atoms with van der Waals surface area (Å²) in [5.41, 5.74) is 7.12. The van der Waals surface area contributed by atoms with Gasteiger partial charge >= 0.3 is 0 Å². The summed E-state index contributed by atoms with van der Waals surface area (Å²) in [5, 5.41) is 7.55. The Morgan fingerprint density at radius 3 is 1.21 bits per heavy atom. The molecule has 9 rings (SSSR count). The first-order valence-corrected chi connectivity index (χ1v) is 15.9. The summed E-state index contributed by atoms with van der Waals surface area (Å²) < 4.78 is 0. The minimum atomic E-state index is 0.589. The number of rotatable bonds is 5.